The van der Waals surface area contributed by atoms with Gasteiger partial charge in [0, 0.05) is 5.41 Å². The van der Waals surface area contributed by atoms with Gasteiger partial charge in [-0.05, 0) is 30.5 Å². The van der Waals surface area contributed by atoms with E-state index in [9.17, 15) is 10.2 Å². The summed E-state index contributed by atoms with van der Waals surface area (Å²) >= 11 is 0. The van der Waals surface area contributed by atoms with E-state index in [1.807, 2.05) is 0 Å². The lowest BCUT2D eigenvalue weighted by Gasteiger charge is -2.41. The average molecular weight is 238 g/mol. The summed E-state index contributed by atoms with van der Waals surface area (Å²) in [6.45, 7) is 0.115. The summed E-state index contributed by atoms with van der Waals surface area (Å²) in [6.07, 6.45) is 3.03. The van der Waals surface area contributed by atoms with Crippen molar-refractivity contribution >= 4 is 0 Å². The monoisotopic (exact) mass is 238 g/mol. The number of methoxy groups -OCH3 is 2. The van der Waals surface area contributed by atoms with Gasteiger partial charge < -0.3 is 19.7 Å². The van der Waals surface area contributed by atoms with E-state index >= 15 is 0 Å². The fraction of sp³-hybridized carbons (Fsp3) is 0.538. The lowest BCUT2D eigenvalue weighted by Crippen LogP contribution is -2.37. The van der Waals surface area contributed by atoms with Gasteiger partial charge in [0.15, 0.2) is 11.5 Å². The van der Waals surface area contributed by atoms with Crippen LogP contribution in [0.25, 0.3) is 0 Å². The van der Waals surface area contributed by atoms with Crippen molar-refractivity contribution in [2.45, 2.75) is 24.7 Å². The van der Waals surface area contributed by atoms with E-state index in [0.29, 0.717) is 11.5 Å². The van der Waals surface area contributed by atoms with Crippen LogP contribution in [0.5, 0.6) is 17.2 Å². The molecule has 4 nitrogen and oxygen atoms in total. The second-order valence-corrected chi connectivity index (χ2v) is 4.52. The van der Waals surface area contributed by atoms with Gasteiger partial charge in [-0.25, -0.2) is 0 Å². The third-order valence-corrected chi connectivity index (χ3v) is 3.71. The summed E-state index contributed by atoms with van der Waals surface area (Å²) in [7, 11) is 3.01. The van der Waals surface area contributed by atoms with Gasteiger partial charge in [-0.2, -0.15) is 0 Å². The van der Waals surface area contributed by atoms with E-state index in [4.69, 9.17) is 9.47 Å². The molecule has 1 aliphatic carbocycles. The molecular formula is C13H18O4. The predicted molar refractivity (Wildman–Crippen MR) is 63.8 cm³/mol. The first kappa shape index (κ1) is 12.0. The summed E-state index contributed by atoms with van der Waals surface area (Å²) in [5.74, 6) is 0.782. The van der Waals surface area contributed by atoms with E-state index in [1.54, 1.807) is 12.1 Å². The molecule has 1 fully saturated rings. The topological polar surface area (TPSA) is 58.9 Å². The summed E-state index contributed by atoms with van der Waals surface area (Å²) < 4.78 is 10.2. The number of hydrogen-bond donors (Lipinski definition) is 2. The Morgan fingerprint density at radius 2 is 1.71 bits per heavy atom. The van der Waals surface area contributed by atoms with Gasteiger partial charge in [0.2, 0.25) is 5.75 Å². The zero-order valence-corrected chi connectivity index (χ0v) is 10.2. The highest BCUT2D eigenvalue weighted by atomic mass is 16.5. The Labute approximate surface area is 101 Å². The van der Waals surface area contributed by atoms with Crippen molar-refractivity contribution in [1.82, 2.24) is 0 Å². The quantitative estimate of drug-likeness (QED) is 0.840. The molecule has 4 heteroatoms. The van der Waals surface area contributed by atoms with Crippen molar-refractivity contribution in [3.05, 3.63) is 17.7 Å². The first-order chi connectivity index (χ1) is 8.16. The molecular weight excluding hydrogens is 220 g/mol. The lowest BCUT2D eigenvalue weighted by molar-refractivity contribution is 0.119. The number of phenolic OH excluding ortho intramolecular Hbond substituents is 1. The van der Waals surface area contributed by atoms with Gasteiger partial charge in [0.05, 0.1) is 20.8 Å². The first-order valence-corrected chi connectivity index (χ1v) is 5.73. The zero-order valence-electron chi connectivity index (χ0n) is 10.2. The highest BCUT2D eigenvalue weighted by molar-refractivity contribution is 5.54. The number of rotatable bonds is 4. The molecule has 0 unspecified atom stereocenters. The molecule has 0 aliphatic heterocycles. The molecule has 2 N–H and O–H groups in total. The van der Waals surface area contributed by atoms with Crippen LogP contribution < -0.4 is 9.47 Å². The summed E-state index contributed by atoms with van der Waals surface area (Å²) in [4.78, 5) is 0. The Hall–Kier alpha value is -1.42. The molecule has 0 saturated heterocycles. The minimum absolute atomic E-state index is 0.00571. The third kappa shape index (κ3) is 1.82. The minimum atomic E-state index is -0.186. The standard InChI is InChI=1S/C13H18O4/c1-16-10-6-9(7-11(17-2)12(10)15)13(8-14)4-3-5-13/h6-7,14-15H,3-5,8H2,1-2H3. The molecule has 0 spiro atoms. The minimum Gasteiger partial charge on any atom is -0.502 e. The second kappa shape index (κ2) is 4.45. The molecule has 0 amide bonds. The highest BCUT2D eigenvalue weighted by Gasteiger charge is 2.39. The molecule has 1 saturated carbocycles. The van der Waals surface area contributed by atoms with Crippen LogP contribution in [-0.2, 0) is 5.41 Å². The van der Waals surface area contributed by atoms with Crippen molar-refractivity contribution < 1.29 is 19.7 Å². The molecule has 0 atom stereocenters. The molecule has 0 aromatic heterocycles. The van der Waals surface area contributed by atoms with Gasteiger partial charge in [-0.3, -0.25) is 0 Å². The van der Waals surface area contributed by atoms with Gasteiger partial charge in [0.1, 0.15) is 0 Å². The van der Waals surface area contributed by atoms with Crippen LogP contribution >= 0.6 is 0 Å². The lowest BCUT2D eigenvalue weighted by atomic mass is 9.65. The summed E-state index contributed by atoms with van der Waals surface area (Å²) in [6, 6.07) is 3.57. The summed E-state index contributed by atoms with van der Waals surface area (Å²) in [5.41, 5.74) is 0.784. The molecule has 1 aromatic carbocycles. The van der Waals surface area contributed by atoms with E-state index < -0.39 is 0 Å². The fourth-order valence-electron chi connectivity index (χ4n) is 2.34. The van der Waals surface area contributed by atoms with Crippen molar-refractivity contribution in [2.24, 2.45) is 0 Å². The fourth-order valence-corrected chi connectivity index (χ4v) is 2.34. The maximum absolute atomic E-state index is 9.83. The number of aliphatic hydroxyl groups excluding tert-OH is 1. The van der Waals surface area contributed by atoms with Crippen LogP contribution in [0.4, 0.5) is 0 Å². The van der Waals surface area contributed by atoms with E-state index in [-0.39, 0.29) is 17.8 Å². The Morgan fingerprint density at radius 3 is 2.00 bits per heavy atom. The van der Waals surface area contributed by atoms with Crippen molar-refractivity contribution in [2.75, 3.05) is 20.8 Å². The van der Waals surface area contributed by atoms with Crippen LogP contribution in [0.2, 0.25) is 0 Å². The predicted octanol–water partition coefficient (Wildman–Crippen LogP) is 1.82. The average Bonchev–Trinajstić information content (AvgIpc) is 2.30. The van der Waals surface area contributed by atoms with E-state index in [2.05, 4.69) is 0 Å². The normalized spacial score (nSPS) is 17.4. The number of ether oxygens (including phenoxy) is 2. The van der Waals surface area contributed by atoms with Crippen LogP contribution in [-0.4, -0.2) is 31.0 Å². The molecule has 17 heavy (non-hydrogen) atoms. The van der Waals surface area contributed by atoms with Gasteiger partial charge in [-0.15, -0.1) is 0 Å². The Kier molecular flexibility index (Phi) is 3.15. The first-order valence-electron chi connectivity index (χ1n) is 5.73. The Balaban J connectivity index is 2.47. The summed E-state index contributed by atoms with van der Waals surface area (Å²) in [5, 5.41) is 19.4. The molecule has 0 bridgehead atoms. The van der Waals surface area contributed by atoms with Gasteiger partial charge >= 0.3 is 0 Å². The number of hydrogen-bond acceptors (Lipinski definition) is 4. The maximum atomic E-state index is 9.83. The molecule has 1 aromatic rings. The number of benzene rings is 1. The van der Waals surface area contributed by atoms with Gasteiger partial charge in [-0.1, -0.05) is 6.42 Å². The third-order valence-electron chi connectivity index (χ3n) is 3.71. The van der Waals surface area contributed by atoms with Crippen molar-refractivity contribution in [1.29, 1.82) is 0 Å². The van der Waals surface area contributed by atoms with Crippen LogP contribution in [0, 0.1) is 0 Å². The zero-order chi connectivity index (χ0) is 12.5. The number of aromatic hydroxyl groups is 1. The number of aliphatic hydroxyl groups is 1. The molecule has 1 aliphatic rings. The Bertz CT molecular complexity index is 379. The maximum Gasteiger partial charge on any atom is 0.200 e. The Morgan fingerprint density at radius 1 is 1.18 bits per heavy atom. The molecule has 0 heterocycles. The largest absolute Gasteiger partial charge is 0.502 e. The van der Waals surface area contributed by atoms with Crippen LogP contribution in [0.15, 0.2) is 12.1 Å². The van der Waals surface area contributed by atoms with Crippen LogP contribution in [0.3, 0.4) is 0 Å². The van der Waals surface area contributed by atoms with Crippen LogP contribution in [0.1, 0.15) is 24.8 Å². The van der Waals surface area contributed by atoms with Crippen molar-refractivity contribution in [3.8, 4) is 17.2 Å². The van der Waals surface area contributed by atoms with Crippen molar-refractivity contribution in [3.63, 3.8) is 0 Å². The van der Waals surface area contributed by atoms with Gasteiger partial charge in [0.25, 0.3) is 0 Å². The smallest absolute Gasteiger partial charge is 0.200 e. The van der Waals surface area contributed by atoms with E-state index in [0.717, 1.165) is 24.8 Å². The number of phenols is 1. The second-order valence-electron chi connectivity index (χ2n) is 4.52. The molecule has 0 radical (unpaired) electrons. The highest BCUT2D eigenvalue weighted by Crippen LogP contribution is 2.48. The molecule has 2 rings (SSSR count). The SMILES string of the molecule is COc1cc(C2(CO)CCC2)cc(OC)c1O. The molecule has 94 valence electrons. The van der Waals surface area contributed by atoms with E-state index in [1.165, 1.54) is 14.2 Å².